The predicted molar refractivity (Wildman–Crippen MR) is 234 cm³/mol. The van der Waals surface area contributed by atoms with Crippen LogP contribution in [0.5, 0.6) is 23.0 Å². The van der Waals surface area contributed by atoms with Crippen LogP contribution in [0, 0.1) is 28.6 Å². The summed E-state index contributed by atoms with van der Waals surface area (Å²) in [5, 5.41) is 2.45. The summed E-state index contributed by atoms with van der Waals surface area (Å²) in [6.45, 7) is 9.98. The van der Waals surface area contributed by atoms with Crippen LogP contribution in [-0.2, 0) is 16.4 Å². The number of hydrogen-bond donors (Lipinski definition) is 0. The van der Waals surface area contributed by atoms with Gasteiger partial charge in [-0.3, -0.25) is 0 Å². The summed E-state index contributed by atoms with van der Waals surface area (Å²) < 4.78 is 25.9. The van der Waals surface area contributed by atoms with Crippen molar-refractivity contribution < 1.29 is 18.9 Å². The van der Waals surface area contributed by atoms with Crippen molar-refractivity contribution in [3.05, 3.63) is 124 Å². The molecule has 1 spiro atoms. The molecule has 4 nitrogen and oxygen atoms in total. The van der Waals surface area contributed by atoms with Crippen molar-refractivity contribution in [2.45, 2.75) is 102 Å². The summed E-state index contributed by atoms with van der Waals surface area (Å²) in [6, 6.07) is 31.3. The molecule has 0 aromatic heterocycles. The largest absolute Gasteiger partial charge is 0.497 e. The summed E-state index contributed by atoms with van der Waals surface area (Å²) in [5.41, 5.74) is 9.80. The number of benzene rings is 5. The maximum absolute atomic E-state index is 7.95. The highest BCUT2D eigenvalue weighted by Crippen LogP contribution is 2.68. The van der Waals surface area contributed by atoms with E-state index in [1.54, 1.807) is 14.2 Å². The molecule has 58 heavy (non-hydrogen) atoms. The summed E-state index contributed by atoms with van der Waals surface area (Å²) in [4.78, 5) is 0. The molecule has 0 atom stereocenters. The monoisotopic (exact) mass is 770 g/mol. The second-order valence-corrected chi connectivity index (χ2v) is 20.9. The SMILES string of the molecule is COc1ccc(C2(c3ccc(OC)cc3)C=Cc3c4c(c5cc(OC)c(C67CC8CC(CC(C8)C6)C7)cc5c3O2)-c2ccccc2C42CC(C)(C)CC(C)(C)C2)cc1. The van der Waals surface area contributed by atoms with Gasteiger partial charge in [0, 0.05) is 33.1 Å². The van der Waals surface area contributed by atoms with Crippen molar-refractivity contribution in [1.82, 2.24) is 0 Å². The molecule has 6 aliphatic carbocycles. The van der Waals surface area contributed by atoms with Gasteiger partial charge in [-0.05, 0) is 162 Å². The van der Waals surface area contributed by atoms with Crippen LogP contribution in [-0.4, -0.2) is 21.3 Å². The van der Waals surface area contributed by atoms with Crippen LogP contribution in [0.2, 0.25) is 0 Å². The molecule has 0 amide bonds. The lowest BCUT2D eigenvalue weighted by Crippen LogP contribution is -2.48. The van der Waals surface area contributed by atoms with E-state index in [1.807, 2.05) is 7.11 Å². The van der Waals surface area contributed by atoms with Gasteiger partial charge in [0.1, 0.15) is 23.0 Å². The molecule has 0 radical (unpaired) electrons. The Labute approximate surface area is 345 Å². The summed E-state index contributed by atoms with van der Waals surface area (Å²) in [5.74, 6) is 6.16. The molecule has 7 aliphatic rings. The quantitative estimate of drug-likeness (QED) is 0.172. The van der Waals surface area contributed by atoms with E-state index in [4.69, 9.17) is 18.9 Å². The minimum Gasteiger partial charge on any atom is -0.497 e. The van der Waals surface area contributed by atoms with Crippen LogP contribution in [0.3, 0.4) is 0 Å². The van der Waals surface area contributed by atoms with Gasteiger partial charge >= 0.3 is 0 Å². The first kappa shape index (κ1) is 36.4. The standard InChI is InChI=1S/C54H58O4/c1-50(2)30-51(3,4)32-53(31-50)44-11-9-8-10-40(44)47-42-26-46(57-7)45(52-27-33-22-34(28-52)24-35(23-33)29-52)25-43(42)49-41(48(47)53)20-21-54(58-49,36-12-16-38(55-5)17-13-36)37-14-18-39(56-6)19-15-37/h8-21,25-26,33-35H,22-24,27-32H2,1-7H3. The van der Waals surface area contributed by atoms with Gasteiger partial charge in [-0.25, -0.2) is 0 Å². The van der Waals surface area contributed by atoms with Crippen molar-refractivity contribution in [2.24, 2.45) is 28.6 Å². The van der Waals surface area contributed by atoms with Crippen LogP contribution >= 0.6 is 0 Å². The van der Waals surface area contributed by atoms with Crippen LogP contribution in [0.4, 0.5) is 0 Å². The molecule has 298 valence electrons. The van der Waals surface area contributed by atoms with Gasteiger partial charge in [0.2, 0.25) is 0 Å². The first-order valence-corrected chi connectivity index (χ1v) is 21.9. The van der Waals surface area contributed by atoms with Gasteiger partial charge in [0.25, 0.3) is 0 Å². The third-order valence-electron chi connectivity index (χ3n) is 15.7. The Morgan fingerprint density at radius 3 is 1.72 bits per heavy atom. The minimum absolute atomic E-state index is 0.143. The Hall–Kier alpha value is -4.70. The lowest BCUT2D eigenvalue weighted by Gasteiger charge is -2.57. The van der Waals surface area contributed by atoms with E-state index >= 15 is 0 Å². The molecule has 5 fully saturated rings. The van der Waals surface area contributed by atoms with Crippen LogP contribution in [0.15, 0.2) is 91.0 Å². The lowest BCUT2D eigenvalue weighted by molar-refractivity contribution is -0.00609. The highest BCUT2D eigenvalue weighted by atomic mass is 16.5. The average Bonchev–Trinajstić information content (AvgIpc) is 3.46. The Morgan fingerprint density at radius 1 is 0.603 bits per heavy atom. The molecular formula is C54H58O4. The molecule has 0 N–H and O–H groups in total. The van der Waals surface area contributed by atoms with Gasteiger partial charge in [0.05, 0.1) is 21.3 Å². The fourth-order valence-corrected chi connectivity index (χ4v) is 14.9. The number of rotatable bonds is 6. The molecule has 0 saturated heterocycles. The average molecular weight is 771 g/mol. The summed E-state index contributed by atoms with van der Waals surface area (Å²) in [6.07, 6.45) is 16.2. The Kier molecular flexibility index (Phi) is 7.79. The van der Waals surface area contributed by atoms with Crippen LogP contribution in [0.25, 0.3) is 28.0 Å². The van der Waals surface area contributed by atoms with Gasteiger partial charge in [-0.2, -0.15) is 0 Å². The first-order chi connectivity index (χ1) is 27.9. The van der Waals surface area contributed by atoms with E-state index in [2.05, 4.69) is 125 Å². The zero-order valence-corrected chi connectivity index (χ0v) is 35.5. The van der Waals surface area contributed by atoms with Crippen LogP contribution in [0.1, 0.15) is 119 Å². The van der Waals surface area contributed by atoms with E-state index in [9.17, 15) is 0 Å². The molecule has 1 heterocycles. The van der Waals surface area contributed by atoms with Crippen molar-refractivity contribution in [3.63, 3.8) is 0 Å². The van der Waals surface area contributed by atoms with E-state index in [-0.39, 0.29) is 21.7 Å². The second kappa shape index (κ2) is 12.4. The van der Waals surface area contributed by atoms with Gasteiger partial charge in [-0.15, -0.1) is 0 Å². The van der Waals surface area contributed by atoms with Crippen molar-refractivity contribution in [3.8, 4) is 34.1 Å². The van der Waals surface area contributed by atoms with Gasteiger partial charge < -0.3 is 18.9 Å². The molecule has 5 saturated carbocycles. The molecule has 4 heteroatoms. The zero-order valence-electron chi connectivity index (χ0n) is 35.5. The molecule has 5 aromatic rings. The number of fused-ring (bicyclic) bond motifs is 10. The Morgan fingerprint density at radius 2 is 1.17 bits per heavy atom. The summed E-state index contributed by atoms with van der Waals surface area (Å²) >= 11 is 0. The number of ether oxygens (including phenoxy) is 4. The molecule has 4 bridgehead atoms. The Bertz CT molecular complexity index is 2400. The highest BCUT2D eigenvalue weighted by molar-refractivity contribution is 6.09. The van der Waals surface area contributed by atoms with E-state index < -0.39 is 5.60 Å². The predicted octanol–water partition coefficient (Wildman–Crippen LogP) is 13.2. The van der Waals surface area contributed by atoms with Crippen molar-refractivity contribution >= 4 is 16.8 Å². The molecular weight excluding hydrogens is 713 g/mol. The molecule has 0 unspecified atom stereocenters. The lowest BCUT2D eigenvalue weighted by atomic mass is 9.48. The maximum atomic E-state index is 7.95. The first-order valence-electron chi connectivity index (χ1n) is 21.9. The fourth-order valence-electron chi connectivity index (χ4n) is 14.9. The topological polar surface area (TPSA) is 36.9 Å². The minimum atomic E-state index is -0.892. The zero-order chi connectivity index (χ0) is 39.8. The van der Waals surface area contributed by atoms with E-state index in [0.717, 1.165) is 64.7 Å². The molecule has 12 rings (SSSR count). The highest BCUT2D eigenvalue weighted by Gasteiger charge is 2.57. The third kappa shape index (κ3) is 5.18. The fraction of sp³-hybridized carbons (Fsp3) is 0.444. The van der Waals surface area contributed by atoms with E-state index in [0.29, 0.717) is 0 Å². The normalized spacial score (nSPS) is 27.1. The van der Waals surface area contributed by atoms with Crippen LogP contribution < -0.4 is 18.9 Å². The molecule has 5 aromatic carbocycles. The van der Waals surface area contributed by atoms with Gasteiger partial charge in [-0.1, -0.05) is 82.3 Å². The number of methoxy groups -OCH3 is 3. The van der Waals surface area contributed by atoms with Crippen molar-refractivity contribution in [2.75, 3.05) is 21.3 Å². The summed E-state index contributed by atoms with van der Waals surface area (Å²) in [7, 11) is 5.36. The molecule has 1 aliphatic heterocycles. The maximum Gasteiger partial charge on any atom is 0.178 e. The second-order valence-electron chi connectivity index (χ2n) is 20.9. The smallest absolute Gasteiger partial charge is 0.178 e. The third-order valence-corrected chi connectivity index (χ3v) is 15.7. The van der Waals surface area contributed by atoms with E-state index in [1.165, 1.54) is 89.1 Å². The van der Waals surface area contributed by atoms with Crippen molar-refractivity contribution in [1.29, 1.82) is 0 Å². The number of hydrogen-bond acceptors (Lipinski definition) is 4. The Balaban J connectivity index is 1.24. The van der Waals surface area contributed by atoms with Gasteiger partial charge in [0.15, 0.2) is 5.60 Å².